The smallest absolute Gasteiger partial charge is 0.0252 e. The zero-order valence-electron chi connectivity index (χ0n) is 13.1. The predicted octanol–water partition coefficient (Wildman–Crippen LogP) is 3.37. The van der Waals surface area contributed by atoms with E-state index in [9.17, 15) is 0 Å². The monoisotopic (exact) mass is 284 g/mol. The fourth-order valence-electron chi connectivity index (χ4n) is 3.83. The summed E-state index contributed by atoms with van der Waals surface area (Å²) in [5.74, 6) is 2.26. The lowest BCUT2D eigenvalue weighted by atomic mass is 9.81. The van der Waals surface area contributed by atoms with Crippen LogP contribution in [0.2, 0.25) is 0 Å². The van der Waals surface area contributed by atoms with Crippen LogP contribution in [0, 0.1) is 5.92 Å². The van der Waals surface area contributed by atoms with Crippen molar-refractivity contribution in [1.29, 1.82) is 0 Å². The van der Waals surface area contributed by atoms with Gasteiger partial charge in [0.15, 0.2) is 0 Å². The van der Waals surface area contributed by atoms with E-state index in [-0.39, 0.29) is 0 Å². The Morgan fingerprint density at radius 1 is 1.21 bits per heavy atom. The van der Waals surface area contributed by atoms with Crippen molar-refractivity contribution < 1.29 is 0 Å². The normalized spacial score (nSPS) is 29.5. The summed E-state index contributed by atoms with van der Waals surface area (Å²) in [5, 5.41) is 3.78. The Morgan fingerprint density at radius 2 is 1.95 bits per heavy atom. The number of nitrogens with one attached hydrogen (secondary N) is 1. The summed E-state index contributed by atoms with van der Waals surface area (Å²) >= 11 is 1.98. The van der Waals surface area contributed by atoms with Gasteiger partial charge in [-0.2, -0.15) is 11.8 Å². The van der Waals surface area contributed by atoms with Gasteiger partial charge in [0.1, 0.15) is 0 Å². The lowest BCUT2D eigenvalue weighted by molar-refractivity contribution is 0.0484. The average Bonchev–Trinajstić information content (AvgIpc) is 2.39. The SMILES string of the molecule is CSCCCN1CC(C)(C)NCC1C1CCCCC1. The first-order valence-corrected chi connectivity index (χ1v) is 9.50. The van der Waals surface area contributed by atoms with Crippen LogP contribution in [-0.2, 0) is 0 Å². The summed E-state index contributed by atoms with van der Waals surface area (Å²) in [6, 6.07) is 0.801. The Hall–Kier alpha value is 0.270. The number of hydrogen-bond acceptors (Lipinski definition) is 3. The molecule has 1 atom stereocenters. The molecule has 0 aromatic carbocycles. The fraction of sp³-hybridized carbons (Fsp3) is 1.00. The van der Waals surface area contributed by atoms with E-state index in [1.807, 2.05) is 11.8 Å². The molecule has 1 saturated heterocycles. The highest BCUT2D eigenvalue weighted by atomic mass is 32.2. The first kappa shape index (κ1) is 15.7. The topological polar surface area (TPSA) is 15.3 Å². The number of nitrogens with zero attached hydrogens (tertiary/aromatic N) is 1. The minimum absolute atomic E-state index is 0.296. The molecule has 2 fully saturated rings. The van der Waals surface area contributed by atoms with Gasteiger partial charge in [-0.05, 0) is 57.6 Å². The molecule has 0 radical (unpaired) electrons. The molecule has 3 heteroatoms. The van der Waals surface area contributed by atoms with Crippen molar-refractivity contribution in [3.8, 4) is 0 Å². The maximum atomic E-state index is 3.78. The van der Waals surface area contributed by atoms with Crippen LogP contribution in [-0.4, -0.2) is 48.1 Å². The van der Waals surface area contributed by atoms with Gasteiger partial charge in [-0.15, -0.1) is 0 Å². The molecule has 0 aromatic heterocycles. The Balaban J connectivity index is 1.93. The summed E-state index contributed by atoms with van der Waals surface area (Å²) < 4.78 is 0. The third-order valence-corrected chi connectivity index (χ3v) is 5.54. The summed E-state index contributed by atoms with van der Waals surface area (Å²) in [5.41, 5.74) is 0.296. The largest absolute Gasteiger partial charge is 0.309 e. The summed E-state index contributed by atoms with van der Waals surface area (Å²) in [7, 11) is 0. The Kier molecular flexibility index (Phi) is 6.04. The van der Waals surface area contributed by atoms with Crippen LogP contribution in [0.1, 0.15) is 52.4 Å². The van der Waals surface area contributed by atoms with Gasteiger partial charge in [0, 0.05) is 24.7 Å². The van der Waals surface area contributed by atoms with Crippen LogP contribution < -0.4 is 5.32 Å². The highest BCUT2D eigenvalue weighted by Gasteiger charge is 2.36. The number of piperazine rings is 1. The molecule has 0 amide bonds. The van der Waals surface area contributed by atoms with Crippen LogP contribution in [0.25, 0.3) is 0 Å². The summed E-state index contributed by atoms with van der Waals surface area (Å²) in [6.45, 7) is 8.43. The lowest BCUT2D eigenvalue weighted by Crippen LogP contribution is -2.63. The molecule has 1 saturated carbocycles. The summed E-state index contributed by atoms with van der Waals surface area (Å²) in [4.78, 5) is 2.81. The maximum absolute atomic E-state index is 3.78. The molecule has 112 valence electrons. The van der Waals surface area contributed by atoms with Crippen molar-refractivity contribution in [3.63, 3.8) is 0 Å². The molecule has 1 N–H and O–H groups in total. The minimum Gasteiger partial charge on any atom is -0.309 e. The van der Waals surface area contributed by atoms with Gasteiger partial charge in [0.05, 0.1) is 0 Å². The van der Waals surface area contributed by atoms with Crippen molar-refractivity contribution in [2.45, 2.75) is 64.0 Å². The maximum Gasteiger partial charge on any atom is 0.0252 e. The first-order valence-electron chi connectivity index (χ1n) is 8.10. The second-order valence-electron chi connectivity index (χ2n) is 7.05. The quantitative estimate of drug-likeness (QED) is 0.779. The van der Waals surface area contributed by atoms with E-state index >= 15 is 0 Å². The van der Waals surface area contributed by atoms with Gasteiger partial charge in [0.2, 0.25) is 0 Å². The predicted molar refractivity (Wildman–Crippen MR) is 87.0 cm³/mol. The molecule has 2 rings (SSSR count). The lowest BCUT2D eigenvalue weighted by Gasteiger charge is -2.48. The Bertz CT molecular complexity index is 261. The molecule has 2 nitrogen and oxygen atoms in total. The van der Waals surface area contributed by atoms with Gasteiger partial charge in [0.25, 0.3) is 0 Å². The molecule has 0 aromatic rings. The van der Waals surface area contributed by atoms with Gasteiger partial charge in [-0.1, -0.05) is 19.3 Å². The first-order chi connectivity index (χ1) is 9.12. The molecular formula is C16H32N2S. The standard InChI is InChI=1S/C16H32N2S/c1-16(2)13-18(10-7-11-19-3)15(12-17-16)14-8-5-4-6-9-14/h14-15,17H,4-13H2,1-3H3. The van der Waals surface area contributed by atoms with Gasteiger partial charge >= 0.3 is 0 Å². The molecular weight excluding hydrogens is 252 g/mol. The van der Waals surface area contributed by atoms with Gasteiger partial charge in [-0.25, -0.2) is 0 Å². The van der Waals surface area contributed by atoms with Crippen molar-refractivity contribution in [2.24, 2.45) is 5.92 Å². The van der Waals surface area contributed by atoms with E-state index < -0.39 is 0 Å². The number of thioether (sulfide) groups is 1. The van der Waals surface area contributed by atoms with Gasteiger partial charge in [-0.3, -0.25) is 4.90 Å². The van der Waals surface area contributed by atoms with E-state index in [0.717, 1.165) is 12.0 Å². The molecule has 1 unspecified atom stereocenters. The van der Waals surface area contributed by atoms with E-state index in [1.54, 1.807) is 0 Å². The third-order valence-electron chi connectivity index (χ3n) is 4.84. The van der Waals surface area contributed by atoms with Crippen LogP contribution >= 0.6 is 11.8 Å². The molecule has 1 heterocycles. The molecule has 1 aliphatic carbocycles. The molecule has 19 heavy (non-hydrogen) atoms. The van der Waals surface area contributed by atoms with E-state index in [1.165, 1.54) is 63.9 Å². The highest BCUT2D eigenvalue weighted by molar-refractivity contribution is 7.98. The van der Waals surface area contributed by atoms with E-state index in [4.69, 9.17) is 0 Å². The molecule has 0 bridgehead atoms. The third kappa shape index (κ3) is 4.64. The molecule has 2 aliphatic rings. The molecule has 0 spiro atoms. The number of rotatable bonds is 5. The zero-order valence-corrected chi connectivity index (χ0v) is 13.9. The summed E-state index contributed by atoms with van der Waals surface area (Å²) in [6.07, 6.45) is 10.9. The second-order valence-corrected chi connectivity index (χ2v) is 8.03. The number of hydrogen-bond donors (Lipinski definition) is 1. The minimum atomic E-state index is 0.296. The van der Waals surface area contributed by atoms with Crippen molar-refractivity contribution >= 4 is 11.8 Å². The van der Waals surface area contributed by atoms with Crippen LogP contribution in [0.3, 0.4) is 0 Å². The van der Waals surface area contributed by atoms with E-state index in [2.05, 4.69) is 30.3 Å². The van der Waals surface area contributed by atoms with Crippen molar-refractivity contribution in [3.05, 3.63) is 0 Å². The van der Waals surface area contributed by atoms with Gasteiger partial charge < -0.3 is 5.32 Å². The van der Waals surface area contributed by atoms with Crippen molar-refractivity contribution in [2.75, 3.05) is 31.6 Å². The van der Waals surface area contributed by atoms with Crippen LogP contribution in [0.15, 0.2) is 0 Å². The average molecular weight is 285 g/mol. The highest BCUT2D eigenvalue weighted by Crippen LogP contribution is 2.31. The molecule has 1 aliphatic heterocycles. The van der Waals surface area contributed by atoms with Crippen LogP contribution in [0.4, 0.5) is 0 Å². The zero-order chi connectivity index (χ0) is 13.7. The fourth-order valence-corrected chi connectivity index (χ4v) is 4.25. The van der Waals surface area contributed by atoms with Crippen molar-refractivity contribution in [1.82, 2.24) is 10.2 Å². The van der Waals surface area contributed by atoms with Crippen LogP contribution in [0.5, 0.6) is 0 Å². The van der Waals surface area contributed by atoms with E-state index in [0.29, 0.717) is 5.54 Å². The Morgan fingerprint density at radius 3 is 2.63 bits per heavy atom. The second kappa shape index (κ2) is 7.33. The Labute approximate surface area is 124 Å².